The summed E-state index contributed by atoms with van der Waals surface area (Å²) >= 11 is 0. The number of hydrogen-bond acceptors (Lipinski definition) is 8. The molecule has 1 aliphatic rings. The van der Waals surface area contributed by atoms with Crippen molar-refractivity contribution in [1.82, 2.24) is 5.32 Å². The summed E-state index contributed by atoms with van der Waals surface area (Å²) in [4.78, 5) is 13.0. The number of rotatable bonds is 55. The maximum atomic E-state index is 13.0. The van der Waals surface area contributed by atoms with Crippen LogP contribution in [0.3, 0.4) is 0 Å². The molecule has 1 heterocycles. The fraction of sp³-hybridized carbons (Fsp3) is 0.862. The lowest BCUT2D eigenvalue weighted by Crippen LogP contribution is -2.60. The van der Waals surface area contributed by atoms with Gasteiger partial charge in [0, 0.05) is 6.42 Å². The SMILES string of the molecule is CCCCCC/C=C/CC/C=C/C(O)C(COC1OC(CO)C(O)C(O)C1O)NC(=O)CCCCCCCCCCCCCCCCCCCCCCCCCCCCCCC/C=C\C/C=C\CCCCCCC. The summed E-state index contributed by atoms with van der Waals surface area (Å²) in [6.45, 7) is 3.73. The normalized spacial score (nSPS) is 19.3. The molecule has 7 unspecified atom stereocenters. The first-order chi connectivity index (χ1) is 36.3. The van der Waals surface area contributed by atoms with Crippen molar-refractivity contribution in [3.63, 3.8) is 0 Å². The zero-order chi connectivity index (χ0) is 53.6. The molecule has 0 saturated carbocycles. The summed E-state index contributed by atoms with van der Waals surface area (Å²) < 4.78 is 11.2. The molecule has 434 valence electrons. The first-order valence-electron chi connectivity index (χ1n) is 31.9. The van der Waals surface area contributed by atoms with Gasteiger partial charge in [-0.05, 0) is 64.2 Å². The van der Waals surface area contributed by atoms with E-state index in [0.717, 1.165) is 44.9 Å². The average Bonchev–Trinajstić information content (AvgIpc) is 3.40. The van der Waals surface area contributed by atoms with Crippen molar-refractivity contribution in [3.05, 3.63) is 48.6 Å². The van der Waals surface area contributed by atoms with Gasteiger partial charge in [-0.25, -0.2) is 0 Å². The van der Waals surface area contributed by atoms with Gasteiger partial charge in [-0.1, -0.05) is 281 Å². The van der Waals surface area contributed by atoms with Gasteiger partial charge in [0.1, 0.15) is 24.4 Å². The molecular weight excluding hydrogens is 923 g/mol. The number of hydrogen-bond donors (Lipinski definition) is 6. The Kier molecular flexibility index (Phi) is 51.7. The van der Waals surface area contributed by atoms with Gasteiger partial charge in [0.25, 0.3) is 0 Å². The lowest BCUT2D eigenvalue weighted by atomic mass is 9.99. The van der Waals surface area contributed by atoms with Crippen LogP contribution in [0.4, 0.5) is 0 Å². The van der Waals surface area contributed by atoms with Crippen molar-refractivity contribution >= 4 is 5.91 Å². The number of unbranched alkanes of at least 4 members (excludes halogenated alkanes) is 39. The van der Waals surface area contributed by atoms with Crippen LogP contribution in [0.25, 0.3) is 0 Å². The number of carbonyl (C=O) groups excluding carboxylic acids is 1. The second-order valence-electron chi connectivity index (χ2n) is 22.2. The summed E-state index contributed by atoms with van der Waals surface area (Å²) in [7, 11) is 0. The highest BCUT2D eigenvalue weighted by Gasteiger charge is 2.44. The zero-order valence-corrected chi connectivity index (χ0v) is 48.4. The van der Waals surface area contributed by atoms with Crippen LogP contribution in [0.5, 0.6) is 0 Å². The van der Waals surface area contributed by atoms with Gasteiger partial charge in [0.15, 0.2) is 6.29 Å². The second kappa shape index (κ2) is 54.5. The molecule has 7 atom stereocenters. The summed E-state index contributed by atoms with van der Waals surface area (Å²) in [6, 6.07) is -0.818. The molecule has 1 aliphatic heterocycles. The Morgan fingerprint density at radius 1 is 0.459 bits per heavy atom. The van der Waals surface area contributed by atoms with Crippen LogP contribution in [-0.4, -0.2) is 87.5 Å². The molecule has 1 rings (SSSR count). The van der Waals surface area contributed by atoms with E-state index in [9.17, 15) is 30.3 Å². The van der Waals surface area contributed by atoms with Crippen LogP contribution in [-0.2, 0) is 14.3 Å². The highest BCUT2D eigenvalue weighted by Crippen LogP contribution is 2.23. The lowest BCUT2D eigenvalue weighted by Gasteiger charge is -2.40. The van der Waals surface area contributed by atoms with Crippen LogP contribution in [0.2, 0.25) is 0 Å². The Morgan fingerprint density at radius 2 is 0.811 bits per heavy atom. The Hall–Kier alpha value is -1.85. The number of allylic oxidation sites excluding steroid dienone is 7. The first-order valence-corrected chi connectivity index (χ1v) is 31.9. The molecule has 1 saturated heterocycles. The number of aliphatic hydroxyl groups excluding tert-OH is 5. The Labute approximate surface area is 456 Å². The third-order valence-corrected chi connectivity index (χ3v) is 15.1. The maximum absolute atomic E-state index is 13.0. The highest BCUT2D eigenvalue weighted by molar-refractivity contribution is 5.76. The minimum atomic E-state index is -1.57. The van der Waals surface area contributed by atoms with E-state index in [-0.39, 0.29) is 12.5 Å². The van der Waals surface area contributed by atoms with E-state index in [4.69, 9.17) is 9.47 Å². The fourth-order valence-electron chi connectivity index (χ4n) is 10.1. The number of amides is 1. The molecule has 9 heteroatoms. The van der Waals surface area contributed by atoms with Gasteiger partial charge in [0.05, 0.1) is 25.4 Å². The van der Waals surface area contributed by atoms with Crippen molar-refractivity contribution in [3.8, 4) is 0 Å². The van der Waals surface area contributed by atoms with E-state index < -0.39 is 49.5 Å². The monoisotopic (exact) mass is 1040 g/mol. The van der Waals surface area contributed by atoms with E-state index in [1.807, 2.05) is 6.08 Å². The largest absolute Gasteiger partial charge is 0.394 e. The molecule has 6 N–H and O–H groups in total. The zero-order valence-electron chi connectivity index (χ0n) is 48.4. The number of aliphatic hydroxyl groups is 5. The molecule has 1 fully saturated rings. The van der Waals surface area contributed by atoms with Gasteiger partial charge in [-0.3, -0.25) is 4.79 Å². The first kappa shape index (κ1) is 70.2. The van der Waals surface area contributed by atoms with Gasteiger partial charge in [0.2, 0.25) is 5.91 Å². The Morgan fingerprint density at radius 3 is 1.23 bits per heavy atom. The van der Waals surface area contributed by atoms with E-state index in [1.165, 1.54) is 238 Å². The van der Waals surface area contributed by atoms with Crippen LogP contribution >= 0.6 is 0 Å². The highest BCUT2D eigenvalue weighted by atomic mass is 16.7. The standard InChI is InChI=1S/C65H121NO8/c1-3-5-7-9-11-13-15-16-17-18-19-20-21-22-23-24-25-26-27-28-29-30-31-32-33-34-35-36-37-38-39-40-41-42-43-44-45-47-49-51-53-55-61(69)66-58(57-73-65-64(72)63(71)62(70)60(56-67)74-65)59(68)54-52-50-48-46-14-12-10-8-6-4-2/h14-16,18-19,46,52,54,58-60,62-65,67-68,70-72H,3-13,17,20-45,47-51,53,55-57H2,1-2H3,(H,66,69)/b16-15-,19-18-,46-14+,54-52+. The predicted octanol–water partition coefficient (Wildman–Crippen LogP) is 16.5. The van der Waals surface area contributed by atoms with E-state index in [0.29, 0.717) is 6.42 Å². The van der Waals surface area contributed by atoms with Gasteiger partial charge in [-0.2, -0.15) is 0 Å². The van der Waals surface area contributed by atoms with Crippen LogP contribution in [0.15, 0.2) is 48.6 Å². The molecule has 0 aromatic heterocycles. The molecule has 0 aliphatic carbocycles. The fourth-order valence-corrected chi connectivity index (χ4v) is 10.1. The summed E-state index contributed by atoms with van der Waals surface area (Å²) in [5.41, 5.74) is 0. The molecule has 0 radical (unpaired) electrons. The topological polar surface area (TPSA) is 149 Å². The molecule has 9 nitrogen and oxygen atoms in total. The smallest absolute Gasteiger partial charge is 0.220 e. The Balaban J connectivity index is 1.98. The van der Waals surface area contributed by atoms with Crippen LogP contribution in [0.1, 0.15) is 303 Å². The Bertz CT molecular complexity index is 1300. The average molecular weight is 1040 g/mol. The second-order valence-corrected chi connectivity index (χ2v) is 22.2. The number of nitrogens with one attached hydrogen (secondary N) is 1. The number of carbonyl (C=O) groups is 1. The van der Waals surface area contributed by atoms with E-state index >= 15 is 0 Å². The van der Waals surface area contributed by atoms with Crippen molar-refractivity contribution < 1.29 is 39.8 Å². The minimum absolute atomic E-state index is 0.184. The predicted molar refractivity (Wildman–Crippen MR) is 313 cm³/mol. The van der Waals surface area contributed by atoms with Crippen LogP contribution < -0.4 is 5.32 Å². The van der Waals surface area contributed by atoms with Crippen LogP contribution in [0, 0.1) is 0 Å². The maximum Gasteiger partial charge on any atom is 0.220 e. The van der Waals surface area contributed by atoms with E-state index in [1.54, 1.807) is 6.08 Å². The molecule has 0 spiro atoms. The minimum Gasteiger partial charge on any atom is -0.394 e. The quantitative estimate of drug-likeness (QED) is 0.0261. The molecule has 0 aromatic carbocycles. The summed E-state index contributed by atoms with van der Waals surface area (Å²) in [5, 5.41) is 54.3. The van der Waals surface area contributed by atoms with E-state index in [2.05, 4.69) is 55.6 Å². The third kappa shape index (κ3) is 43.2. The molecule has 74 heavy (non-hydrogen) atoms. The molecular formula is C65H121NO8. The molecule has 0 bridgehead atoms. The van der Waals surface area contributed by atoms with Gasteiger partial charge >= 0.3 is 0 Å². The van der Waals surface area contributed by atoms with Crippen molar-refractivity contribution in [2.45, 2.75) is 346 Å². The summed E-state index contributed by atoms with van der Waals surface area (Å²) in [6.07, 6.45) is 66.8. The van der Waals surface area contributed by atoms with Gasteiger partial charge < -0.3 is 40.3 Å². The van der Waals surface area contributed by atoms with Gasteiger partial charge in [-0.15, -0.1) is 0 Å². The molecule has 1 amide bonds. The third-order valence-electron chi connectivity index (χ3n) is 15.1. The van der Waals surface area contributed by atoms with Crippen molar-refractivity contribution in [2.75, 3.05) is 13.2 Å². The lowest BCUT2D eigenvalue weighted by molar-refractivity contribution is -0.302. The summed E-state index contributed by atoms with van der Waals surface area (Å²) in [5.74, 6) is -0.184. The van der Waals surface area contributed by atoms with Crippen molar-refractivity contribution in [1.29, 1.82) is 0 Å². The molecule has 0 aromatic rings. The van der Waals surface area contributed by atoms with Crippen molar-refractivity contribution in [2.24, 2.45) is 0 Å². The number of ether oxygens (including phenoxy) is 2.